The molecular formula is C21H21N7O4. The Morgan fingerprint density at radius 3 is 2.75 bits per heavy atom. The van der Waals surface area contributed by atoms with Crippen molar-refractivity contribution in [1.82, 2.24) is 19.6 Å². The Kier molecular flexibility index (Phi) is 6.83. The number of nitrogens with one attached hydrogen (secondary N) is 1. The molecule has 32 heavy (non-hydrogen) atoms. The molecule has 0 saturated carbocycles. The highest BCUT2D eigenvalue weighted by Gasteiger charge is 2.29. The smallest absolute Gasteiger partial charge is 0.272 e. The predicted molar refractivity (Wildman–Crippen MR) is 112 cm³/mol. The Morgan fingerprint density at radius 1 is 1.28 bits per heavy atom. The first-order valence-corrected chi connectivity index (χ1v) is 9.81. The van der Waals surface area contributed by atoms with Gasteiger partial charge in [0.25, 0.3) is 5.91 Å². The minimum absolute atomic E-state index is 0.101. The number of aliphatic hydroxyl groups excluding tert-OH is 1. The lowest BCUT2D eigenvalue weighted by molar-refractivity contribution is -0.130. The van der Waals surface area contributed by atoms with E-state index in [-0.39, 0.29) is 30.5 Å². The summed E-state index contributed by atoms with van der Waals surface area (Å²) < 4.78 is 1.54. The first kappa shape index (κ1) is 22.5. The summed E-state index contributed by atoms with van der Waals surface area (Å²) >= 11 is 0. The molecular weight excluding hydrogens is 414 g/mol. The van der Waals surface area contributed by atoms with E-state index in [1.807, 2.05) is 12.1 Å². The van der Waals surface area contributed by atoms with Gasteiger partial charge in [-0.1, -0.05) is 0 Å². The molecule has 0 fully saturated rings. The van der Waals surface area contributed by atoms with Crippen LogP contribution in [0.1, 0.15) is 22.5 Å². The summed E-state index contributed by atoms with van der Waals surface area (Å²) in [5, 5.41) is 33.8. The van der Waals surface area contributed by atoms with Crippen molar-refractivity contribution in [1.29, 1.82) is 10.5 Å². The van der Waals surface area contributed by atoms with Crippen LogP contribution in [0.15, 0.2) is 24.3 Å². The molecule has 3 amide bonds. The number of anilines is 1. The normalized spacial score (nSPS) is 12.5. The maximum atomic E-state index is 12.9. The molecule has 0 radical (unpaired) electrons. The van der Waals surface area contributed by atoms with E-state index >= 15 is 0 Å². The number of hydrogen-bond donors (Lipinski definition) is 2. The molecule has 2 N–H and O–H groups in total. The molecule has 0 saturated heterocycles. The number of fused-ring (bicyclic) bond motifs is 1. The summed E-state index contributed by atoms with van der Waals surface area (Å²) in [6, 6.07) is 10.2. The van der Waals surface area contributed by atoms with E-state index in [0.29, 0.717) is 42.1 Å². The summed E-state index contributed by atoms with van der Waals surface area (Å²) in [6.07, 6.45) is 0.214. The van der Waals surface area contributed by atoms with Crippen molar-refractivity contribution in [2.24, 2.45) is 0 Å². The second-order valence-corrected chi connectivity index (χ2v) is 7.17. The molecule has 11 heteroatoms. The summed E-state index contributed by atoms with van der Waals surface area (Å²) in [4.78, 5) is 39.8. The van der Waals surface area contributed by atoms with E-state index in [2.05, 4.69) is 10.4 Å². The van der Waals surface area contributed by atoms with Crippen LogP contribution < -0.4 is 5.32 Å². The van der Waals surface area contributed by atoms with Gasteiger partial charge >= 0.3 is 0 Å². The second-order valence-electron chi connectivity index (χ2n) is 7.17. The monoisotopic (exact) mass is 435 g/mol. The SMILES string of the molecule is CN(CCC#N)C(=O)CN1CCn2nc(-c3ccc(C#N)cc3NC(=O)CO)cc2C1=O. The van der Waals surface area contributed by atoms with E-state index < -0.39 is 12.5 Å². The van der Waals surface area contributed by atoms with E-state index in [0.717, 1.165) is 0 Å². The van der Waals surface area contributed by atoms with Crippen molar-refractivity contribution in [2.45, 2.75) is 13.0 Å². The van der Waals surface area contributed by atoms with Gasteiger partial charge in [-0.2, -0.15) is 15.6 Å². The molecule has 1 aliphatic rings. The minimum Gasteiger partial charge on any atom is -0.387 e. The number of nitriles is 2. The van der Waals surface area contributed by atoms with Gasteiger partial charge in [-0.25, -0.2) is 0 Å². The number of hydrogen-bond acceptors (Lipinski definition) is 7. The maximum Gasteiger partial charge on any atom is 0.272 e. The van der Waals surface area contributed by atoms with E-state index in [1.54, 1.807) is 25.2 Å². The average molecular weight is 435 g/mol. The minimum atomic E-state index is -0.722. The van der Waals surface area contributed by atoms with Gasteiger partial charge in [-0.15, -0.1) is 0 Å². The van der Waals surface area contributed by atoms with Crippen molar-refractivity contribution in [3.8, 4) is 23.4 Å². The lowest BCUT2D eigenvalue weighted by atomic mass is 10.1. The maximum absolute atomic E-state index is 12.9. The van der Waals surface area contributed by atoms with Gasteiger partial charge in [0.15, 0.2) is 0 Å². The molecule has 1 aromatic heterocycles. The van der Waals surface area contributed by atoms with Gasteiger partial charge < -0.3 is 20.2 Å². The van der Waals surface area contributed by atoms with E-state index in [1.165, 1.54) is 20.5 Å². The fourth-order valence-corrected chi connectivity index (χ4v) is 3.28. The molecule has 0 atom stereocenters. The third kappa shape index (κ3) is 4.74. The van der Waals surface area contributed by atoms with E-state index in [4.69, 9.17) is 15.6 Å². The van der Waals surface area contributed by atoms with Crippen molar-refractivity contribution >= 4 is 23.4 Å². The van der Waals surface area contributed by atoms with Crippen molar-refractivity contribution in [2.75, 3.05) is 38.6 Å². The topological polar surface area (TPSA) is 155 Å². The summed E-state index contributed by atoms with van der Waals surface area (Å²) in [7, 11) is 1.59. The van der Waals surface area contributed by atoms with Gasteiger partial charge in [-0.05, 0) is 24.3 Å². The Labute approximate surface area is 184 Å². The number of aliphatic hydroxyl groups is 1. The Morgan fingerprint density at radius 2 is 2.06 bits per heavy atom. The molecule has 2 aromatic rings. The van der Waals surface area contributed by atoms with Crippen LogP contribution in [-0.4, -0.2) is 75.7 Å². The number of aromatic nitrogens is 2. The van der Waals surface area contributed by atoms with Crippen LogP contribution in [0.5, 0.6) is 0 Å². The lowest BCUT2D eigenvalue weighted by Crippen LogP contribution is -2.46. The molecule has 1 aliphatic heterocycles. The Balaban J connectivity index is 1.84. The van der Waals surface area contributed by atoms with Crippen molar-refractivity contribution in [3.05, 3.63) is 35.5 Å². The van der Waals surface area contributed by atoms with Crippen LogP contribution in [-0.2, 0) is 16.1 Å². The number of carbonyl (C=O) groups is 3. The van der Waals surface area contributed by atoms with Gasteiger partial charge in [0.1, 0.15) is 18.8 Å². The first-order valence-electron chi connectivity index (χ1n) is 9.81. The first-order chi connectivity index (χ1) is 15.4. The number of likely N-dealkylation sites (N-methyl/N-ethyl adjacent to an activating group) is 1. The van der Waals surface area contributed by atoms with Crippen LogP contribution in [0.3, 0.4) is 0 Å². The molecule has 0 spiro atoms. The highest BCUT2D eigenvalue weighted by molar-refractivity contribution is 5.99. The van der Waals surface area contributed by atoms with Crippen LogP contribution in [0.25, 0.3) is 11.3 Å². The number of amides is 3. The Hall–Kier alpha value is -4.22. The van der Waals surface area contributed by atoms with Crippen molar-refractivity contribution < 1.29 is 19.5 Å². The fraction of sp³-hybridized carbons (Fsp3) is 0.333. The molecule has 1 aromatic carbocycles. The molecule has 164 valence electrons. The van der Waals surface area contributed by atoms with Crippen LogP contribution in [0, 0.1) is 22.7 Å². The predicted octanol–water partition coefficient (Wildman–Crippen LogP) is 0.180. The zero-order valence-electron chi connectivity index (χ0n) is 17.4. The molecule has 0 bridgehead atoms. The quantitative estimate of drug-likeness (QED) is 0.628. The summed E-state index contributed by atoms with van der Waals surface area (Å²) in [6.45, 7) is 0.147. The molecule has 11 nitrogen and oxygen atoms in total. The Bertz CT molecular complexity index is 1140. The van der Waals surface area contributed by atoms with Crippen LogP contribution >= 0.6 is 0 Å². The van der Waals surface area contributed by atoms with Gasteiger partial charge in [-0.3, -0.25) is 19.1 Å². The average Bonchev–Trinajstić information content (AvgIpc) is 3.23. The highest BCUT2D eigenvalue weighted by atomic mass is 16.3. The number of rotatable bonds is 7. The molecule has 2 heterocycles. The van der Waals surface area contributed by atoms with Crippen LogP contribution in [0.4, 0.5) is 5.69 Å². The lowest BCUT2D eigenvalue weighted by Gasteiger charge is -2.28. The summed E-state index contributed by atoms with van der Waals surface area (Å²) in [5.74, 6) is -1.26. The van der Waals surface area contributed by atoms with Gasteiger partial charge in [0.2, 0.25) is 11.8 Å². The number of carbonyl (C=O) groups excluding carboxylic acids is 3. The third-order valence-electron chi connectivity index (χ3n) is 5.02. The second kappa shape index (κ2) is 9.73. The van der Waals surface area contributed by atoms with Crippen molar-refractivity contribution in [3.63, 3.8) is 0 Å². The third-order valence-corrected chi connectivity index (χ3v) is 5.02. The highest BCUT2D eigenvalue weighted by Crippen LogP contribution is 2.30. The standard InChI is InChI=1S/C21H21N7O4/c1-26(6-2-5-22)20(31)12-27-7-8-28-18(21(27)32)10-17(25-28)15-4-3-14(11-23)9-16(15)24-19(30)13-29/h3-4,9-10,29H,2,6-8,12-13H2,1H3,(H,24,30). The number of nitrogens with zero attached hydrogens (tertiary/aromatic N) is 6. The zero-order chi connectivity index (χ0) is 23.3. The van der Waals surface area contributed by atoms with E-state index in [9.17, 15) is 14.4 Å². The van der Waals surface area contributed by atoms with Crippen LogP contribution in [0.2, 0.25) is 0 Å². The zero-order valence-corrected chi connectivity index (χ0v) is 17.4. The molecule has 0 aliphatic carbocycles. The number of benzene rings is 1. The fourth-order valence-electron chi connectivity index (χ4n) is 3.28. The van der Waals surface area contributed by atoms with Gasteiger partial charge in [0, 0.05) is 25.7 Å². The largest absolute Gasteiger partial charge is 0.387 e. The molecule has 3 rings (SSSR count). The van der Waals surface area contributed by atoms with Gasteiger partial charge in [0.05, 0.1) is 42.0 Å². The summed E-state index contributed by atoms with van der Waals surface area (Å²) in [5.41, 5.74) is 1.79. The molecule has 0 unspecified atom stereocenters.